The largest absolute Gasteiger partial charge is 0.383 e. The zero-order chi connectivity index (χ0) is 18.7. The standard InChI is InChI=1S/C21H21N3O2S/c25-19(14-17-15-27-20(23-17)16-6-2-1-3-7-16)24-12-9-21(26,10-13-24)18-8-4-5-11-22-18/h1-8,11,15,26H,9-10,12-14H2. The predicted octanol–water partition coefficient (Wildman–Crippen LogP) is 3.26. The first-order chi connectivity index (χ1) is 13.1. The van der Waals surface area contributed by atoms with Gasteiger partial charge in [-0.1, -0.05) is 36.4 Å². The molecule has 1 fully saturated rings. The molecule has 6 heteroatoms. The second kappa shape index (κ2) is 7.58. The third-order valence-electron chi connectivity index (χ3n) is 4.99. The average molecular weight is 379 g/mol. The Morgan fingerprint density at radius 3 is 2.56 bits per heavy atom. The van der Waals surface area contributed by atoms with Crippen LogP contribution in [-0.4, -0.2) is 39.0 Å². The Bertz CT molecular complexity index is 903. The summed E-state index contributed by atoms with van der Waals surface area (Å²) in [5, 5.41) is 13.7. The summed E-state index contributed by atoms with van der Waals surface area (Å²) in [6.07, 6.45) is 2.99. The highest BCUT2D eigenvalue weighted by atomic mass is 32.1. The van der Waals surface area contributed by atoms with Gasteiger partial charge in [0.25, 0.3) is 0 Å². The fourth-order valence-corrected chi connectivity index (χ4v) is 4.21. The van der Waals surface area contributed by atoms with Crippen LogP contribution in [-0.2, 0) is 16.8 Å². The van der Waals surface area contributed by atoms with Crippen LogP contribution in [0.3, 0.4) is 0 Å². The minimum atomic E-state index is -0.945. The van der Waals surface area contributed by atoms with Crippen LogP contribution in [0.15, 0.2) is 60.1 Å². The Balaban J connectivity index is 1.37. The molecule has 3 heterocycles. The summed E-state index contributed by atoms with van der Waals surface area (Å²) in [5.41, 5.74) is 1.61. The lowest BCUT2D eigenvalue weighted by Crippen LogP contribution is -2.46. The van der Waals surface area contributed by atoms with E-state index in [0.717, 1.165) is 16.3 Å². The molecule has 138 valence electrons. The number of nitrogens with zero attached hydrogens (tertiary/aromatic N) is 3. The molecule has 0 unspecified atom stereocenters. The molecular formula is C21H21N3O2S. The monoisotopic (exact) mass is 379 g/mol. The maximum absolute atomic E-state index is 12.7. The molecular weight excluding hydrogens is 358 g/mol. The van der Waals surface area contributed by atoms with Gasteiger partial charge in [0.05, 0.1) is 17.8 Å². The Hall–Kier alpha value is -2.57. The van der Waals surface area contributed by atoms with Crippen molar-refractivity contribution in [2.75, 3.05) is 13.1 Å². The summed E-state index contributed by atoms with van der Waals surface area (Å²) in [6, 6.07) is 15.5. The number of aliphatic hydroxyl groups is 1. The normalized spacial score (nSPS) is 16.3. The van der Waals surface area contributed by atoms with E-state index < -0.39 is 5.60 Å². The summed E-state index contributed by atoms with van der Waals surface area (Å²) in [4.78, 5) is 23.4. The van der Waals surface area contributed by atoms with E-state index in [-0.39, 0.29) is 5.91 Å². The molecule has 1 aliphatic heterocycles. The van der Waals surface area contributed by atoms with Gasteiger partial charge in [-0.25, -0.2) is 4.98 Å². The van der Waals surface area contributed by atoms with Crippen molar-refractivity contribution in [2.24, 2.45) is 0 Å². The number of pyridine rings is 1. The molecule has 1 saturated heterocycles. The SMILES string of the molecule is O=C(Cc1csc(-c2ccccc2)n1)N1CCC(O)(c2ccccn2)CC1. The minimum absolute atomic E-state index is 0.0583. The number of piperidine rings is 1. The molecule has 0 atom stereocenters. The van der Waals surface area contributed by atoms with E-state index in [9.17, 15) is 9.90 Å². The van der Waals surface area contributed by atoms with Gasteiger partial charge in [-0.2, -0.15) is 0 Å². The third-order valence-corrected chi connectivity index (χ3v) is 5.93. The highest BCUT2D eigenvalue weighted by Crippen LogP contribution is 2.31. The molecule has 3 aromatic rings. The fourth-order valence-electron chi connectivity index (χ4n) is 3.39. The second-order valence-corrected chi connectivity index (χ2v) is 7.67. The molecule has 1 amide bonds. The number of amides is 1. The molecule has 0 spiro atoms. The first kappa shape index (κ1) is 17.8. The van der Waals surface area contributed by atoms with Gasteiger partial charge < -0.3 is 10.0 Å². The Kier molecular flexibility index (Phi) is 5.01. The molecule has 4 rings (SSSR count). The first-order valence-corrected chi connectivity index (χ1v) is 9.93. The number of hydrogen-bond acceptors (Lipinski definition) is 5. The van der Waals surface area contributed by atoms with E-state index in [4.69, 9.17) is 0 Å². The van der Waals surface area contributed by atoms with E-state index in [1.54, 1.807) is 17.5 Å². The van der Waals surface area contributed by atoms with E-state index in [1.807, 2.05) is 58.8 Å². The van der Waals surface area contributed by atoms with Gasteiger partial charge in [0.1, 0.15) is 10.6 Å². The van der Waals surface area contributed by atoms with Crippen molar-refractivity contribution in [2.45, 2.75) is 24.9 Å². The second-order valence-electron chi connectivity index (χ2n) is 6.81. The number of likely N-dealkylation sites (tertiary alicyclic amines) is 1. The molecule has 27 heavy (non-hydrogen) atoms. The average Bonchev–Trinajstić information content (AvgIpc) is 3.18. The van der Waals surface area contributed by atoms with Crippen LogP contribution in [0.25, 0.3) is 10.6 Å². The molecule has 1 aromatic carbocycles. The van der Waals surface area contributed by atoms with E-state index in [2.05, 4.69) is 9.97 Å². The smallest absolute Gasteiger partial charge is 0.228 e. The van der Waals surface area contributed by atoms with Crippen molar-refractivity contribution < 1.29 is 9.90 Å². The van der Waals surface area contributed by atoms with E-state index in [1.165, 1.54) is 0 Å². The molecule has 0 radical (unpaired) electrons. The first-order valence-electron chi connectivity index (χ1n) is 9.05. The summed E-state index contributed by atoms with van der Waals surface area (Å²) in [5.74, 6) is 0.0583. The number of rotatable bonds is 4. The van der Waals surface area contributed by atoms with Crippen LogP contribution in [0.1, 0.15) is 24.2 Å². The number of thiazole rings is 1. The van der Waals surface area contributed by atoms with Crippen LogP contribution >= 0.6 is 11.3 Å². The van der Waals surface area contributed by atoms with Gasteiger partial charge in [0.2, 0.25) is 5.91 Å². The van der Waals surface area contributed by atoms with Crippen LogP contribution in [0.5, 0.6) is 0 Å². The van der Waals surface area contributed by atoms with E-state index >= 15 is 0 Å². The van der Waals surface area contributed by atoms with Gasteiger partial charge in [0, 0.05) is 30.2 Å². The summed E-state index contributed by atoms with van der Waals surface area (Å²) < 4.78 is 0. The van der Waals surface area contributed by atoms with E-state index in [0.29, 0.717) is 38.0 Å². The summed E-state index contributed by atoms with van der Waals surface area (Å²) in [6.45, 7) is 1.06. The summed E-state index contributed by atoms with van der Waals surface area (Å²) in [7, 11) is 0. The number of hydrogen-bond donors (Lipinski definition) is 1. The topological polar surface area (TPSA) is 66.3 Å². The number of benzene rings is 1. The van der Waals surface area contributed by atoms with Crippen molar-refractivity contribution in [1.29, 1.82) is 0 Å². The zero-order valence-electron chi connectivity index (χ0n) is 14.9. The van der Waals surface area contributed by atoms with Crippen molar-refractivity contribution in [1.82, 2.24) is 14.9 Å². The lowest BCUT2D eigenvalue weighted by Gasteiger charge is -2.37. The molecule has 2 aromatic heterocycles. The lowest BCUT2D eigenvalue weighted by atomic mass is 9.87. The maximum atomic E-state index is 12.7. The molecule has 5 nitrogen and oxygen atoms in total. The maximum Gasteiger partial charge on any atom is 0.228 e. The zero-order valence-corrected chi connectivity index (χ0v) is 15.7. The Labute approximate surface area is 162 Å². The fraction of sp³-hybridized carbons (Fsp3) is 0.286. The molecule has 0 bridgehead atoms. The lowest BCUT2D eigenvalue weighted by molar-refractivity contribution is -0.135. The van der Waals surface area contributed by atoms with Crippen LogP contribution in [0.2, 0.25) is 0 Å². The summed E-state index contributed by atoms with van der Waals surface area (Å²) >= 11 is 1.56. The van der Waals surface area contributed by atoms with Crippen molar-refractivity contribution in [3.8, 4) is 10.6 Å². The van der Waals surface area contributed by atoms with Crippen LogP contribution < -0.4 is 0 Å². The number of aromatic nitrogens is 2. The third kappa shape index (κ3) is 3.91. The van der Waals surface area contributed by atoms with Gasteiger partial charge in [-0.3, -0.25) is 9.78 Å². The van der Waals surface area contributed by atoms with Crippen LogP contribution in [0.4, 0.5) is 0 Å². The predicted molar refractivity (Wildman–Crippen MR) is 105 cm³/mol. The quantitative estimate of drug-likeness (QED) is 0.756. The molecule has 1 aliphatic rings. The molecule has 0 aliphatic carbocycles. The van der Waals surface area contributed by atoms with Crippen LogP contribution in [0, 0.1) is 0 Å². The highest BCUT2D eigenvalue weighted by Gasteiger charge is 2.36. The Morgan fingerprint density at radius 2 is 1.85 bits per heavy atom. The minimum Gasteiger partial charge on any atom is -0.383 e. The molecule has 1 N–H and O–H groups in total. The Morgan fingerprint density at radius 1 is 1.11 bits per heavy atom. The molecule has 0 saturated carbocycles. The number of carbonyl (C=O) groups excluding carboxylic acids is 1. The van der Waals surface area contributed by atoms with Crippen molar-refractivity contribution in [3.63, 3.8) is 0 Å². The highest BCUT2D eigenvalue weighted by molar-refractivity contribution is 7.13. The van der Waals surface area contributed by atoms with Crippen molar-refractivity contribution >= 4 is 17.2 Å². The number of carbonyl (C=O) groups is 1. The van der Waals surface area contributed by atoms with Gasteiger partial charge in [-0.05, 0) is 25.0 Å². The van der Waals surface area contributed by atoms with Gasteiger partial charge in [0.15, 0.2) is 0 Å². The van der Waals surface area contributed by atoms with Crippen molar-refractivity contribution in [3.05, 3.63) is 71.5 Å². The van der Waals surface area contributed by atoms with Gasteiger partial charge >= 0.3 is 0 Å². The van der Waals surface area contributed by atoms with Gasteiger partial charge in [-0.15, -0.1) is 11.3 Å².